The van der Waals surface area contributed by atoms with Crippen LogP contribution in [0.5, 0.6) is 0 Å². The van der Waals surface area contributed by atoms with Crippen LogP contribution in [0.2, 0.25) is 0 Å². The van der Waals surface area contributed by atoms with Gasteiger partial charge in [0.2, 0.25) is 15.9 Å². The second-order valence-electron chi connectivity index (χ2n) is 4.40. The number of rotatable bonds is 8. The van der Waals surface area contributed by atoms with E-state index in [1.165, 1.54) is 25.3 Å². The van der Waals surface area contributed by atoms with Crippen molar-refractivity contribution in [2.24, 2.45) is 5.73 Å². The van der Waals surface area contributed by atoms with Crippen LogP contribution in [0.4, 0.5) is 5.69 Å². The molecular formula is C12H19N3O5S. The normalized spacial score (nSPS) is 13.0. The van der Waals surface area contributed by atoms with Gasteiger partial charge in [0.15, 0.2) is 0 Å². The molecule has 0 aliphatic carbocycles. The van der Waals surface area contributed by atoms with Gasteiger partial charge in [-0.2, -0.15) is 0 Å². The van der Waals surface area contributed by atoms with Crippen molar-refractivity contribution in [3.8, 4) is 0 Å². The van der Waals surface area contributed by atoms with Crippen LogP contribution >= 0.6 is 0 Å². The molecule has 0 saturated heterocycles. The molecule has 1 aromatic carbocycles. The molecule has 118 valence electrons. The molecule has 1 unspecified atom stereocenters. The van der Waals surface area contributed by atoms with Crippen molar-refractivity contribution >= 4 is 21.6 Å². The lowest BCUT2D eigenvalue weighted by Crippen LogP contribution is -2.38. The van der Waals surface area contributed by atoms with Gasteiger partial charge in [-0.05, 0) is 24.6 Å². The lowest BCUT2D eigenvalue weighted by Gasteiger charge is -2.17. The maximum atomic E-state index is 12.2. The minimum atomic E-state index is -3.90. The van der Waals surface area contributed by atoms with E-state index >= 15 is 0 Å². The van der Waals surface area contributed by atoms with Crippen molar-refractivity contribution < 1.29 is 23.1 Å². The summed E-state index contributed by atoms with van der Waals surface area (Å²) >= 11 is 0. The van der Waals surface area contributed by atoms with E-state index in [2.05, 4.69) is 4.72 Å². The van der Waals surface area contributed by atoms with Crippen LogP contribution in [0, 0.1) is 0 Å². The van der Waals surface area contributed by atoms with Crippen LogP contribution in [0.3, 0.4) is 0 Å². The zero-order valence-corrected chi connectivity index (χ0v) is 12.4. The van der Waals surface area contributed by atoms with Gasteiger partial charge in [-0.1, -0.05) is 0 Å². The first-order chi connectivity index (χ1) is 9.81. The van der Waals surface area contributed by atoms with Gasteiger partial charge in [-0.15, -0.1) is 0 Å². The summed E-state index contributed by atoms with van der Waals surface area (Å²) in [7, 11) is -2.47. The number of nitrogens with one attached hydrogen (secondary N) is 1. The molecule has 0 aliphatic heterocycles. The number of nitrogens with two attached hydrogens (primary N) is 2. The van der Waals surface area contributed by atoms with Gasteiger partial charge >= 0.3 is 0 Å². The van der Waals surface area contributed by atoms with Crippen LogP contribution in [0.15, 0.2) is 23.1 Å². The summed E-state index contributed by atoms with van der Waals surface area (Å²) in [5.41, 5.74) is 10.8. The van der Waals surface area contributed by atoms with Crippen LogP contribution in [0.25, 0.3) is 0 Å². The third-order valence-corrected chi connectivity index (χ3v) is 4.35. The van der Waals surface area contributed by atoms with Crippen molar-refractivity contribution in [3.63, 3.8) is 0 Å². The van der Waals surface area contributed by atoms with Gasteiger partial charge in [0.1, 0.15) is 4.90 Å². The Morgan fingerprint density at radius 1 is 1.48 bits per heavy atom. The number of sulfonamides is 1. The Hall–Kier alpha value is -1.68. The zero-order valence-electron chi connectivity index (χ0n) is 11.6. The molecule has 1 atom stereocenters. The number of ether oxygens (including phenoxy) is 1. The van der Waals surface area contributed by atoms with E-state index in [1.54, 1.807) is 0 Å². The highest BCUT2D eigenvalue weighted by Gasteiger charge is 2.22. The molecule has 0 saturated carbocycles. The number of benzene rings is 1. The fourth-order valence-corrected chi connectivity index (χ4v) is 3.13. The molecule has 9 heteroatoms. The average Bonchev–Trinajstić information content (AvgIpc) is 2.38. The summed E-state index contributed by atoms with van der Waals surface area (Å²) in [5.74, 6) is -0.698. The second-order valence-corrected chi connectivity index (χ2v) is 6.09. The fraction of sp³-hybridized carbons (Fsp3) is 0.417. The number of primary amides is 1. The summed E-state index contributed by atoms with van der Waals surface area (Å²) in [5, 5.41) is 8.92. The highest BCUT2D eigenvalue weighted by molar-refractivity contribution is 7.89. The largest absolute Gasteiger partial charge is 0.398 e. The Bertz CT molecular complexity index is 597. The number of aliphatic hydroxyl groups is 1. The quantitative estimate of drug-likeness (QED) is 0.455. The predicted molar refractivity (Wildman–Crippen MR) is 77.1 cm³/mol. The monoisotopic (exact) mass is 317 g/mol. The Morgan fingerprint density at radius 3 is 2.62 bits per heavy atom. The highest BCUT2D eigenvalue weighted by atomic mass is 32.2. The van der Waals surface area contributed by atoms with Crippen molar-refractivity contribution in [2.45, 2.75) is 17.4 Å². The summed E-state index contributed by atoms with van der Waals surface area (Å²) in [6, 6.07) is 3.11. The summed E-state index contributed by atoms with van der Waals surface area (Å²) in [6.45, 7) is -0.0777. The first-order valence-electron chi connectivity index (χ1n) is 6.13. The molecule has 0 spiro atoms. The number of hydrogen-bond acceptors (Lipinski definition) is 6. The van der Waals surface area contributed by atoms with Gasteiger partial charge in [-0.3, -0.25) is 4.79 Å². The van der Waals surface area contributed by atoms with E-state index < -0.39 is 22.0 Å². The van der Waals surface area contributed by atoms with Crippen LogP contribution in [-0.2, 0) is 14.8 Å². The van der Waals surface area contributed by atoms with E-state index in [4.69, 9.17) is 21.3 Å². The van der Waals surface area contributed by atoms with Gasteiger partial charge in [-0.25, -0.2) is 13.1 Å². The van der Waals surface area contributed by atoms with E-state index in [0.29, 0.717) is 0 Å². The molecule has 0 bridgehead atoms. The molecule has 21 heavy (non-hydrogen) atoms. The van der Waals surface area contributed by atoms with E-state index in [0.717, 1.165) is 0 Å². The molecule has 1 rings (SSSR count). The van der Waals surface area contributed by atoms with Crippen LogP contribution in [0.1, 0.15) is 16.8 Å². The minimum absolute atomic E-state index is 0.0843. The lowest BCUT2D eigenvalue weighted by atomic mass is 10.2. The van der Waals surface area contributed by atoms with E-state index in [-0.39, 0.29) is 35.8 Å². The maximum Gasteiger partial charge on any atom is 0.248 e. The molecular weight excluding hydrogens is 298 g/mol. The molecule has 6 N–H and O–H groups in total. The van der Waals surface area contributed by atoms with Crippen molar-refractivity contribution in [1.82, 2.24) is 4.72 Å². The number of nitrogen functional groups attached to an aromatic ring is 1. The van der Waals surface area contributed by atoms with Crippen molar-refractivity contribution in [3.05, 3.63) is 23.8 Å². The van der Waals surface area contributed by atoms with Gasteiger partial charge < -0.3 is 21.3 Å². The highest BCUT2D eigenvalue weighted by Crippen LogP contribution is 2.20. The van der Waals surface area contributed by atoms with Crippen molar-refractivity contribution in [2.75, 3.05) is 26.1 Å². The first kappa shape index (κ1) is 17.4. The minimum Gasteiger partial charge on any atom is -0.398 e. The number of carbonyl (C=O) groups excluding carboxylic acids is 1. The molecule has 0 fully saturated rings. The Morgan fingerprint density at radius 2 is 2.14 bits per heavy atom. The maximum absolute atomic E-state index is 12.2. The smallest absolute Gasteiger partial charge is 0.248 e. The number of methoxy groups -OCH3 is 1. The third kappa shape index (κ3) is 4.67. The van der Waals surface area contributed by atoms with Crippen LogP contribution < -0.4 is 16.2 Å². The molecule has 0 heterocycles. The van der Waals surface area contributed by atoms with Gasteiger partial charge in [0.25, 0.3) is 0 Å². The molecule has 8 nitrogen and oxygen atoms in total. The predicted octanol–water partition coefficient (Wildman–Crippen LogP) is -0.957. The number of hydrogen-bond donors (Lipinski definition) is 4. The summed E-state index contributed by atoms with van der Waals surface area (Å²) in [4.78, 5) is 10.9. The van der Waals surface area contributed by atoms with Crippen LogP contribution in [-0.4, -0.2) is 45.8 Å². The van der Waals surface area contributed by atoms with E-state index in [1.807, 2.05) is 0 Å². The second kappa shape index (κ2) is 7.36. The standard InChI is InChI=1S/C12H19N3O5S/c1-20-7-9(4-5-16)15-21(18,19)11-3-2-8(12(14)17)6-10(11)13/h2-3,6,9,15-16H,4-5,7,13H2,1H3,(H2,14,17). The zero-order chi connectivity index (χ0) is 16.0. The number of anilines is 1. The Balaban J connectivity index is 3.04. The lowest BCUT2D eigenvalue weighted by molar-refractivity contribution is 0.1000. The molecule has 0 aromatic heterocycles. The Kier molecular flexibility index (Phi) is 6.09. The molecule has 0 radical (unpaired) electrons. The SMILES string of the molecule is COCC(CCO)NS(=O)(=O)c1ccc(C(N)=O)cc1N. The number of aliphatic hydroxyl groups excluding tert-OH is 1. The van der Waals surface area contributed by atoms with Gasteiger partial charge in [0, 0.05) is 25.3 Å². The molecule has 1 aromatic rings. The van der Waals surface area contributed by atoms with Gasteiger partial charge in [0.05, 0.1) is 12.3 Å². The van der Waals surface area contributed by atoms with E-state index in [9.17, 15) is 13.2 Å². The molecule has 1 amide bonds. The third-order valence-electron chi connectivity index (χ3n) is 2.75. The fourth-order valence-electron chi connectivity index (χ4n) is 1.76. The van der Waals surface area contributed by atoms with Crippen molar-refractivity contribution in [1.29, 1.82) is 0 Å². The Labute approximate surface area is 123 Å². The summed E-state index contributed by atoms with van der Waals surface area (Å²) in [6.07, 6.45) is 0.201. The summed E-state index contributed by atoms with van der Waals surface area (Å²) < 4.78 is 31.8. The number of carbonyl (C=O) groups is 1. The average molecular weight is 317 g/mol. The number of amides is 1. The molecule has 0 aliphatic rings. The topological polar surface area (TPSA) is 145 Å². The first-order valence-corrected chi connectivity index (χ1v) is 7.61.